The van der Waals surface area contributed by atoms with Gasteiger partial charge < -0.3 is 24.4 Å². The van der Waals surface area contributed by atoms with E-state index in [4.69, 9.17) is 19.2 Å². The van der Waals surface area contributed by atoms with Crippen LogP contribution in [-0.4, -0.2) is 78.1 Å². The van der Waals surface area contributed by atoms with Crippen molar-refractivity contribution in [1.82, 2.24) is 19.9 Å². The summed E-state index contributed by atoms with van der Waals surface area (Å²) in [6.07, 6.45) is 3.92. The molecular formula is C34H41FN6O6S. The number of rotatable bonds is 10. The summed E-state index contributed by atoms with van der Waals surface area (Å²) in [7, 11) is -2.52. The van der Waals surface area contributed by atoms with Gasteiger partial charge in [-0.2, -0.15) is 0 Å². The van der Waals surface area contributed by atoms with Crippen LogP contribution >= 0.6 is 0 Å². The second-order valence-corrected chi connectivity index (χ2v) is 14.6. The van der Waals surface area contributed by atoms with E-state index in [1.807, 2.05) is 33.8 Å². The summed E-state index contributed by atoms with van der Waals surface area (Å²) >= 11 is 0. The lowest BCUT2D eigenvalue weighted by Gasteiger charge is -2.34. The number of methoxy groups -OCH3 is 1. The number of carbonyl (C=O) groups excluding carboxylic acids is 1. The minimum absolute atomic E-state index is 0.0748. The molecule has 1 aliphatic rings. The molecule has 1 amide bonds. The third-order valence-corrected chi connectivity index (χ3v) is 9.14. The molecule has 1 fully saturated rings. The van der Waals surface area contributed by atoms with E-state index in [2.05, 4.69) is 20.0 Å². The van der Waals surface area contributed by atoms with Crippen LogP contribution in [0.5, 0.6) is 11.6 Å². The van der Waals surface area contributed by atoms with Gasteiger partial charge in [-0.15, -0.1) is 0 Å². The maximum atomic E-state index is 15.1. The second kappa shape index (κ2) is 14.3. The molecule has 0 spiro atoms. The van der Waals surface area contributed by atoms with Crippen molar-refractivity contribution >= 4 is 38.5 Å². The largest absolute Gasteiger partial charge is 0.444 e. The van der Waals surface area contributed by atoms with Crippen molar-refractivity contribution in [1.29, 1.82) is 0 Å². The average molecular weight is 681 g/mol. The van der Waals surface area contributed by atoms with Crippen LogP contribution in [0.1, 0.15) is 46.1 Å². The van der Waals surface area contributed by atoms with E-state index < -0.39 is 27.5 Å². The Balaban J connectivity index is 1.41. The minimum Gasteiger partial charge on any atom is -0.444 e. The van der Waals surface area contributed by atoms with Crippen LogP contribution in [0.2, 0.25) is 0 Å². The van der Waals surface area contributed by atoms with Crippen molar-refractivity contribution in [3.8, 4) is 22.9 Å². The fourth-order valence-electron chi connectivity index (χ4n) is 5.39. The number of nitrogens with zero attached hydrogens (tertiary/aromatic N) is 4. The Labute approximate surface area is 280 Å². The van der Waals surface area contributed by atoms with Crippen molar-refractivity contribution in [2.24, 2.45) is 0 Å². The summed E-state index contributed by atoms with van der Waals surface area (Å²) in [5.74, 6) is -0.0564. The topological polar surface area (TPSA) is 145 Å². The van der Waals surface area contributed by atoms with Crippen LogP contribution in [0.25, 0.3) is 22.0 Å². The zero-order chi connectivity index (χ0) is 34.6. The van der Waals surface area contributed by atoms with E-state index in [1.165, 1.54) is 13.2 Å². The summed E-state index contributed by atoms with van der Waals surface area (Å²) in [4.78, 5) is 28.0. The summed E-state index contributed by atoms with van der Waals surface area (Å²) in [5.41, 5.74) is 1.09. The molecule has 0 bridgehead atoms. The number of sulfonamides is 1. The first kappa shape index (κ1) is 34.8. The first-order valence-electron chi connectivity index (χ1n) is 15.7. The molecule has 0 aliphatic carbocycles. The summed E-state index contributed by atoms with van der Waals surface area (Å²) in [5, 5.41) is 4.16. The molecule has 2 aromatic heterocycles. The van der Waals surface area contributed by atoms with Gasteiger partial charge in [0, 0.05) is 49.4 Å². The standard InChI is InChI=1S/C34H41FN6O6S/c1-21-11-12-24-25(13-14-27(35)29(24)40-48(43,44)20-22(2)45-6)30(21)46-31-26(10-7-16-36-31)28-15-17-37-32(39-28)38-23-9-8-18-41(19-23)33(42)47-34(3,4)5/h7,10-17,22-23,40H,8-9,18-20H2,1-6H3,(H,37,38,39)/t22-,23?/m0/s1. The van der Waals surface area contributed by atoms with Crippen molar-refractivity contribution in [2.45, 2.75) is 65.2 Å². The molecule has 1 unspecified atom stereocenters. The van der Waals surface area contributed by atoms with Gasteiger partial charge >= 0.3 is 6.09 Å². The zero-order valence-electron chi connectivity index (χ0n) is 27.9. The van der Waals surface area contributed by atoms with E-state index in [0.29, 0.717) is 46.8 Å². The smallest absolute Gasteiger partial charge is 0.410 e. The van der Waals surface area contributed by atoms with E-state index in [-0.39, 0.29) is 29.5 Å². The van der Waals surface area contributed by atoms with Gasteiger partial charge in [0.2, 0.25) is 21.9 Å². The Hall–Kier alpha value is -4.56. The monoisotopic (exact) mass is 680 g/mol. The highest BCUT2D eigenvalue weighted by atomic mass is 32.2. The molecule has 0 radical (unpaired) electrons. The molecule has 12 nitrogen and oxygen atoms in total. The molecule has 256 valence electrons. The SMILES string of the molecule is CO[C@@H](C)CS(=O)(=O)Nc1c(F)ccc2c(Oc3ncccc3-c3ccnc(NC4CCCN(C(=O)OC(C)(C)C)C4)n3)c(C)ccc12. The molecule has 2 atom stereocenters. The van der Waals surface area contributed by atoms with Crippen LogP contribution < -0.4 is 14.8 Å². The predicted molar refractivity (Wildman–Crippen MR) is 182 cm³/mol. The molecule has 2 N–H and O–H groups in total. The summed E-state index contributed by atoms with van der Waals surface area (Å²) in [6.45, 7) is 10.0. The number of carbonyl (C=O) groups is 1. The number of piperidine rings is 1. The normalized spacial score (nSPS) is 16.0. The zero-order valence-corrected chi connectivity index (χ0v) is 28.7. The van der Waals surface area contributed by atoms with Gasteiger partial charge in [-0.25, -0.2) is 32.6 Å². The van der Waals surface area contributed by atoms with Gasteiger partial charge in [0.1, 0.15) is 17.2 Å². The van der Waals surface area contributed by atoms with Gasteiger partial charge in [-0.3, -0.25) is 4.72 Å². The van der Waals surface area contributed by atoms with Crippen LogP contribution in [0, 0.1) is 12.7 Å². The number of aromatic nitrogens is 3. The number of aryl methyl sites for hydroxylation is 1. The molecule has 48 heavy (non-hydrogen) atoms. The Bertz CT molecular complexity index is 1900. The Morgan fingerprint density at radius 1 is 1.10 bits per heavy atom. The lowest BCUT2D eigenvalue weighted by molar-refractivity contribution is 0.0206. The number of benzene rings is 2. The molecule has 3 heterocycles. The van der Waals surface area contributed by atoms with Crippen molar-refractivity contribution in [3.05, 3.63) is 66.2 Å². The number of fused-ring (bicyclic) bond motifs is 1. The summed E-state index contributed by atoms with van der Waals surface area (Å²) in [6, 6.07) is 11.4. The fourth-order valence-corrected chi connectivity index (χ4v) is 6.74. The van der Waals surface area contributed by atoms with Gasteiger partial charge in [-0.05, 0) is 83.4 Å². The van der Waals surface area contributed by atoms with Crippen LogP contribution in [0.3, 0.4) is 0 Å². The molecule has 0 saturated carbocycles. The number of halogens is 1. The van der Waals surface area contributed by atoms with Gasteiger partial charge in [0.15, 0.2) is 0 Å². The molecule has 5 rings (SSSR count). The van der Waals surface area contributed by atoms with Crippen LogP contribution in [0.15, 0.2) is 54.9 Å². The van der Waals surface area contributed by atoms with Gasteiger partial charge in [0.25, 0.3) is 0 Å². The highest BCUT2D eigenvalue weighted by Crippen LogP contribution is 2.39. The minimum atomic E-state index is -3.93. The number of pyridine rings is 1. The maximum absolute atomic E-state index is 15.1. The van der Waals surface area contributed by atoms with Crippen LogP contribution in [-0.2, 0) is 19.5 Å². The van der Waals surface area contributed by atoms with Crippen LogP contribution in [0.4, 0.5) is 20.8 Å². The first-order chi connectivity index (χ1) is 22.7. The van der Waals surface area contributed by atoms with E-state index >= 15 is 4.39 Å². The van der Waals surface area contributed by atoms with E-state index in [1.54, 1.807) is 54.5 Å². The fraction of sp³-hybridized carbons (Fsp3) is 0.412. The third kappa shape index (κ3) is 8.47. The number of amides is 1. The average Bonchev–Trinajstić information content (AvgIpc) is 3.03. The lowest BCUT2D eigenvalue weighted by Crippen LogP contribution is -2.47. The molecule has 1 aliphatic heterocycles. The first-order valence-corrected chi connectivity index (χ1v) is 17.3. The van der Waals surface area contributed by atoms with E-state index in [9.17, 15) is 13.2 Å². The molecule has 1 saturated heterocycles. The Morgan fingerprint density at radius 3 is 2.62 bits per heavy atom. The highest BCUT2D eigenvalue weighted by molar-refractivity contribution is 7.92. The number of hydrogen-bond acceptors (Lipinski definition) is 10. The van der Waals surface area contributed by atoms with Crippen molar-refractivity contribution in [2.75, 3.05) is 36.0 Å². The van der Waals surface area contributed by atoms with Gasteiger partial charge in [0.05, 0.1) is 28.8 Å². The Kier molecular flexibility index (Phi) is 10.3. The van der Waals surface area contributed by atoms with Crippen molar-refractivity contribution < 1.29 is 31.8 Å². The third-order valence-electron chi connectivity index (χ3n) is 7.72. The number of likely N-dealkylation sites (tertiary alicyclic amines) is 1. The number of anilines is 2. The second-order valence-electron chi connectivity index (χ2n) is 12.8. The number of ether oxygens (including phenoxy) is 3. The van der Waals surface area contributed by atoms with Gasteiger partial charge in [-0.1, -0.05) is 12.1 Å². The molecule has 4 aromatic rings. The summed E-state index contributed by atoms with van der Waals surface area (Å²) < 4.78 is 60.2. The molecule has 2 aromatic carbocycles. The number of hydrogen-bond donors (Lipinski definition) is 2. The number of nitrogens with one attached hydrogen (secondary N) is 2. The van der Waals surface area contributed by atoms with E-state index in [0.717, 1.165) is 18.4 Å². The lowest BCUT2D eigenvalue weighted by atomic mass is 10.0. The predicted octanol–water partition coefficient (Wildman–Crippen LogP) is 6.52. The highest BCUT2D eigenvalue weighted by Gasteiger charge is 2.28. The molecular weight excluding hydrogens is 639 g/mol. The quantitative estimate of drug-likeness (QED) is 0.190. The maximum Gasteiger partial charge on any atom is 0.410 e. The Morgan fingerprint density at radius 2 is 1.88 bits per heavy atom. The molecule has 14 heteroatoms. The van der Waals surface area contributed by atoms with Crippen molar-refractivity contribution in [3.63, 3.8) is 0 Å².